The van der Waals surface area contributed by atoms with Crippen LogP contribution in [0.3, 0.4) is 0 Å². The molecule has 0 aliphatic heterocycles. The van der Waals surface area contributed by atoms with Gasteiger partial charge in [0.15, 0.2) is 0 Å². The summed E-state index contributed by atoms with van der Waals surface area (Å²) in [5.74, 6) is -0.264. The normalized spacial score (nSPS) is 7.56. The number of allylic oxidation sites excluding steroid dienone is 1. The molecule has 9 heavy (non-hydrogen) atoms. The third kappa shape index (κ3) is 3.29. The highest BCUT2D eigenvalue weighted by molar-refractivity contribution is 5.88. The highest BCUT2D eigenvalue weighted by atomic mass is 16.1. The van der Waals surface area contributed by atoms with Crippen LogP contribution in [0.25, 0.3) is 0 Å². The number of carbonyl (C=O) groups is 1. The summed E-state index contributed by atoms with van der Waals surface area (Å²) >= 11 is 0. The van der Waals surface area contributed by atoms with E-state index in [2.05, 4.69) is 25.1 Å². The van der Waals surface area contributed by atoms with Crippen LogP contribution in [0.15, 0.2) is 37.6 Å². The molecule has 0 saturated heterocycles. The van der Waals surface area contributed by atoms with Crippen LogP contribution in [0.2, 0.25) is 0 Å². The van der Waals surface area contributed by atoms with E-state index in [9.17, 15) is 4.79 Å². The lowest BCUT2D eigenvalue weighted by Crippen LogP contribution is -2.17. The van der Waals surface area contributed by atoms with Gasteiger partial charge in [-0.3, -0.25) is 4.79 Å². The molecule has 0 aromatic heterocycles. The summed E-state index contributed by atoms with van der Waals surface area (Å²) in [6.07, 6.45) is 2.64. The largest absolute Gasteiger partial charge is 0.323 e. The van der Waals surface area contributed by atoms with Gasteiger partial charge in [-0.1, -0.05) is 19.7 Å². The molecule has 0 bridgehead atoms. The lowest BCUT2D eigenvalue weighted by molar-refractivity contribution is -0.115. The Hall–Kier alpha value is -1.31. The van der Waals surface area contributed by atoms with Crippen molar-refractivity contribution in [3.05, 3.63) is 37.6 Å². The van der Waals surface area contributed by atoms with Crippen LogP contribution < -0.4 is 5.32 Å². The first-order valence-corrected chi connectivity index (χ1v) is 2.45. The average Bonchev–Trinajstić information content (AvgIpc) is 1.87. The van der Waals surface area contributed by atoms with Crippen LogP contribution in [0.4, 0.5) is 0 Å². The monoisotopic (exact) mass is 123 g/mol. The molecule has 0 rings (SSSR count). The van der Waals surface area contributed by atoms with Gasteiger partial charge >= 0.3 is 0 Å². The van der Waals surface area contributed by atoms with E-state index in [1.165, 1.54) is 12.2 Å². The minimum atomic E-state index is -0.264. The zero-order valence-electron chi connectivity index (χ0n) is 5.18. The topological polar surface area (TPSA) is 29.1 Å². The number of hydrogen-bond acceptors (Lipinski definition) is 1. The van der Waals surface area contributed by atoms with E-state index in [0.29, 0.717) is 5.70 Å². The van der Waals surface area contributed by atoms with Crippen molar-refractivity contribution in [2.75, 3.05) is 0 Å². The van der Waals surface area contributed by atoms with Crippen LogP contribution in [-0.2, 0) is 4.79 Å². The Morgan fingerprint density at radius 1 is 1.33 bits per heavy atom. The Bertz CT molecular complexity index is 140. The van der Waals surface area contributed by atoms with Gasteiger partial charge in [0, 0.05) is 5.70 Å². The summed E-state index contributed by atoms with van der Waals surface area (Å²) in [4.78, 5) is 10.4. The van der Waals surface area contributed by atoms with Gasteiger partial charge in [0.2, 0.25) is 5.91 Å². The Balaban J connectivity index is 3.73. The quantitative estimate of drug-likeness (QED) is 0.440. The average molecular weight is 123 g/mol. The maximum Gasteiger partial charge on any atom is 0.247 e. The number of amides is 1. The van der Waals surface area contributed by atoms with Gasteiger partial charge in [-0.05, 0) is 12.2 Å². The molecule has 0 saturated carbocycles. The van der Waals surface area contributed by atoms with Crippen molar-refractivity contribution in [1.82, 2.24) is 5.32 Å². The molecule has 0 aromatic carbocycles. The van der Waals surface area contributed by atoms with Crippen LogP contribution >= 0.6 is 0 Å². The van der Waals surface area contributed by atoms with Crippen LogP contribution in [0.1, 0.15) is 0 Å². The molecule has 0 spiro atoms. The molecule has 0 heterocycles. The molecule has 0 aromatic rings. The summed E-state index contributed by atoms with van der Waals surface area (Å²) in [6, 6.07) is 0. The van der Waals surface area contributed by atoms with Crippen molar-refractivity contribution in [3.63, 3.8) is 0 Å². The molecule has 0 fully saturated rings. The van der Waals surface area contributed by atoms with Gasteiger partial charge < -0.3 is 5.32 Å². The van der Waals surface area contributed by atoms with E-state index in [-0.39, 0.29) is 5.91 Å². The summed E-state index contributed by atoms with van der Waals surface area (Å²) in [7, 11) is 0. The number of nitrogens with one attached hydrogen (secondary N) is 1. The van der Waals surface area contributed by atoms with E-state index in [0.717, 1.165) is 0 Å². The van der Waals surface area contributed by atoms with Crippen molar-refractivity contribution in [3.8, 4) is 0 Å². The molecular formula is C7H9NO. The molecule has 0 radical (unpaired) electrons. The fourth-order valence-corrected chi connectivity index (χ4v) is 0.260. The van der Waals surface area contributed by atoms with Crippen LogP contribution in [0.5, 0.6) is 0 Å². The van der Waals surface area contributed by atoms with E-state index in [4.69, 9.17) is 0 Å². The van der Waals surface area contributed by atoms with Crippen molar-refractivity contribution < 1.29 is 4.79 Å². The first-order chi connectivity index (χ1) is 4.20. The molecule has 1 N–H and O–H groups in total. The highest BCUT2D eigenvalue weighted by Crippen LogP contribution is 1.82. The lowest BCUT2D eigenvalue weighted by Gasteiger charge is -1.96. The standard InChI is InChI=1S/C7H9NO/c1-4-6(3)8-7(9)5-2/h4-5H,1-3H2,(H,8,9). The van der Waals surface area contributed by atoms with Gasteiger partial charge in [0.25, 0.3) is 0 Å². The first kappa shape index (κ1) is 7.69. The first-order valence-electron chi connectivity index (χ1n) is 2.45. The predicted octanol–water partition coefficient (Wildman–Crippen LogP) is 0.988. The maximum atomic E-state index is 10.4. The highest BCUT2D eigenvalue weighted by Gasteiger charge is 1.90. The Morgan fingerprint density at radius 2 is 1.89 bits per heavy atom. The van der Waals surface area contributed by atoms with Gasteiger partial charge in [-0.2, -0.15) is 0 Å². The molecule has 0 aliphatic carbocycles. The second-order valence-electron chi connectivity index (χ2n) is 1.42. The minimum Gasteiger partial charge on any atom is -0.323 e. The number of hydrogen-bond donors (Lipinski definition) is 1. The smallest absolute Gasteiger partial charge is 0.247 e. The SMILES string of the molecule is C=CC(=C)NC(=O)C=C. The van der Waals surface area contributed by atoms with Crippen molar-refractivity contribution in [2.24, 2.45) is 0 Å². The van der Waals surface area contributed by atoms with Crippen molar-refractivity contribution in [1.29, 1.82) is 0 Å². The molecule has 48 valence electrons. The zero-order valence-corrected chi connectivity index (χ0v) is 5.18. The Kier molecular flexibility index (Phi) is 3.13. The van der Waals surface area contributed by atoms with E-state index >= 15 is 0 Å². The van der Waals surface area contributed by atoms with Gasteiger partial charge in [-0.25, -0.2) is 0 Å². The van der Waals surface area contributed by atoms with Crippen molar-refractivity contribution >= 4 is 5.91 Å². The predicted molar refractivity (Wildman–Crippen MR) is 37.7 cm³/mol. The summed E-state index contributed by atoms with van der Waals surface area (Å²) in [5, 5.41) is 2.41. The molecule has 0 unspecified atom stereocenters. The van der Waals surface area contributed by atoms with E-state index in [1.54, 1.807) is 0 Å². The summed E-state index contributed by atoms with van der Waals surface area (Å²) in [6.45, 7) is 10.1. The Morgan fingerprint density at radius 3 is 2.22 bits per heavy atom. The number of rotatable bonds is 3. The fraction of sp³-hybridized carbons (Fsp3) is 0. The third-order valence-electron chi connectivity index (χ3n) is 0.716. The van der Waals surface area contributed by atoms with Gasteiger partial charge in [0.1, 0.15) is 0 Å². The van der Waals surface area contributed by atoms with E-state index in [1.807, 2.05) is 0 Å². The number of carbonyl (C=O) groups excluding carboxylic acids is 1. The summed E-state index contributed by atoms with van der Waals surface area (Å²) in [5.41, 5.74) is 0.486. The third-order valence-corrected chi connectivity index (χ3v) is 0.716. The van der Waals surface area contributed by atoms with Crippen molar-refractivity contribution in [2.45, 2.75) is 0 Å². The Labute approximate surface area is 54.6 Å². The van der Waals surface area contributed by atoms with Crippen LogP contribution in [0, 0.1) is 0 Å². The zero-order chi connectivity index (χ0) is 7.28. The summed E-state index contributed by atoms with van der Waals surface area (Å²) < 4.78 is 0. The lowest BCUT2D eigenvalue weighted by atomic mass is 10.4. The minimum absolute atomic E-state index is 0.264. The van der Waals surface area contributed by atoms with Crippen LogP contribution in [-0.4, -0.2) is 5.91 Å². The molecule has 2 nitrogen and oxygen atoms in total. The fourth-order valence-electron chi connectivity index (χ4n) is 0.260. The second kappa shape index (κ2) is 3.66. The molecule has 0 aliphatic rings. The van der Waals surface area contributed by atoms with Gasteiger partial charge in [0.05, 0.1) is 0 Å². The maximum absolute atomic E-state index is 10.4. The molecule has 0 atom stereocenters. The van der Waals surface area contributed by atoms with Gasteiger partial charge in [-0.15, -0.1) is 0 Å². The molecular weight excluding hydrogens is 114 g/mol. The molecule has 1 amide bonds. The second-order valence-corrected chi connectivity index (χ2v) is 1.42. The molecule has 2 heteroatoms. The van der Waals surface area contributed by atoms with E-state index < -0.39 is 0 Å².